The van der Waals surface area contributed by atoms with E-state index in [1.807, 2.05) is 0 Å². The summed E-state index contributed by atoms with van der Waals surface area (Å²) in [5, 5.41) is 15.9. The second-order valence-corrected chi connectivity index (χ2v) is 3.95. The van der Waals surface area contributed by atoms with E-state index < -0.39 is 5.60 Å². The molecule has 0 atom stereocenters. The van der Waals surface area contributed by atoms with Gasteiger partial charge in [0.05, 0.1) is 5.60 Å². The van der Waals surface area contributed by atoms with Gasteiger partial charge >= 0.3 is 0 Å². The molecule has 5 nitrogen and oxygen atoms in total. The Morgan fingerprint density at radius 1 is 1.53 bits per heavy atom. The average molecular weight is 208 g/mol. The number of nitrogens with zero attached hydrogens (tertiary/aromatic N) is 2. The van der Waals surface area contributed by atoms with E-state index in [9.17, 15) is 5.11 Å². The molecule has 0 unspecified atom stereocenters. The van der Waals surface area contributed by atoms with Crippen LogP contribution >= 0.6 is 0 Å². The van der Waals surface area contributed by atoms with Crippen molar-refractivity contribution in [2.24, 2.45) is 0 Å². The fourth-order valence-corrected chi connectivity index (χ4v) is 1.59. The molecule has 15 heavy (non-hydrogen) atoms. The molecule has 5 heteroatoms. The summed E-state index contributed by atoms with van der Waals surface area (Å²) in [5.74, 6) is 1.33. The standard InChI is InChI=1S/C10H16N4O/c1-11-9-12-6-3-8(14-9)13-7-10(15)4-2-5-10/h3,6,15H,2,4-5,7H2,1H3,(H2,11,12,13,14). The van der Waals surface area contributed by atoms with Gasteiger partial charge in [0.25, 0.3) is 0 Å². The topological polar surface area (TPSA) is 70.1 Å². The van der Waals surface area contributed by atoms with Crippen LogP contribution in [0, 0.1) is 0 Å². The van der Waals surface area contributed by atoms with Crippen molar-refractivity contribution in [3.63, 3.8) is 0 Å². The maximum atomic E-state index is 9.88. The van der Waals surface area contributed by atoms with Gasteiger partial charge in [0.2, 0.25) is 5.95 Å². The molecule has 1 aromatic heterocycles. The van der Waals surface area contributed by atoms with Crippen LogP contribution in [0.2, 0.25) is 0 Å². The van der Waals surface area contributed by atoms with E-state index in [-0.39, 0.29) is 0 Å². The van der Waals surface area contributed by atoms with Crippen molar-refractivity contribution in [2.45, 2.75) is 24.9 Å². The normalized spacial score (nSPS) is 18.0. The molecular weight excluding hydrogens is 192 g/mol. The Balaban J connectivity index is 1.92. The zero-order valence-electron chi connectivity index (χ0n) is 8.82. The third-order valence-electron chi connectivity index (χ3n) is 2.76. The molecule has 3 N–H and O–H groups in total. The minimum Gasteiger partial charge on any atom is -0.388 e. The van der Waals surface area contributed by atoms with Crippen molar-refractivity contribution in [2.75, 3.05) is 24.2 Å². The van der Waals surface area contributed by atoms with Crippen molar-refractivity contribution in [1.29, 1.82) is 0 Å². The molecular formula is C10H16N4O. The molecule has 0 aromatic carbocycles. The predicted molar refractivity (Wildman–Crippen MR) is 58.9 cm³/mol. The molecule has 0 bridgehead atoms. The van der Waals surface area contributed by atoms with Gasteiger partial charge < -0.3 is 15.7 Å². The first-order valence-electron chi connectivity index (χ1n) is 5.19. The molecule has 0 amide bonds. The maximum absolute atomic E-state index is 9.88. The van der Waals surface area contributed by atoms with Gasteiger partial charge in [-0.05, 0) is 25.3 Å². The number of hydrogen-bond donors (Lipinski definition) is 3. The van der Waals surface area contributed by atoms with Crippen molar-refractivity contribution < 1.29 is 5.11 Å². The third kappa shape index (κ3) is 2.36. The van der Waals surface area contributed by atoms with Crippen LogP contribution < -0.4 is 10.6 Å². The lowest BCUT2D eigenvalue weighted by Crippen LogP contribution is -2.43. The quantitative estimate of drug-likeness (QED) is 0.684. The van der Waals surface area contributed by atoms with Gasteiger partial charge in [-0.25, -0.2) is 4.98 Å². The molecule has 0 spiro atoms. The first kappa shape index (κ1) is 10.2. The summed E-state index contributed by atoms with van der Waals surface area (Å²) in [5.41, 5.74) is -0.523. The monoisotopic (exact) mass is 208 g/mol. The van der Waals surface area contributed by atoms with Crippen LogP contribution in [0.25, 0.3) is 0 Å². The largest absolute Gasteiger partial charge is 0.388 e. The SMILES string of the molecule is CNc1nccc(NCC2(O)CCC2)n1. The number of rotatable bonds is 4. The summed E-state index contributed by atoms with van der Waals surface area (Å²) in [6.45, 7) is 0.563. The Labute approximate surface area is 88.9 Å². The highest BCUT2D eigenvalue weighted by Crippen LogP contribution is 2.31. The fraction of sp³-hybridized carbons (Fsp3) is 0.600. The smallest absolute Gasteiger partial charge is 0.224 e. The van der Waals surface area contributed by atoms with E-state index in [4.69, 9.17) is 0 Å². The Morgan fingerprint density at radius 3 is 2.93 bits per heavy atom. The lowest BCUT2D eigenvalue weighted by Gasteiger charge is -2.36. The molecule has 1 fully saturated rings. The number of hydrogen-bond acceptors (Lipinski definition) is 5. The molecule has 0 aliphatic heterocycles. The minimum absolute atomic E-state index is 0.523. The van der Waals surface area contributed by atoms with Gasteiger partial charge in [-0.2, -0.15) is 4.98 Å². The van der Waals surface area contributed by atoms with Crippen molar-refractivity contribution in [1.82, 2.24) is 9.97 Å². The lowest BCUT2D eigenvalue weighted by molar-refractivity contribution is -0.0202. The highest BCUT2D eigenvalue weighted by molar-refractivity contribution is 5.39. The summed E-state index contributed by atoms with van der Waals surface area (Å²) >= 11 is 0. The summed E-state index contributed by atoms with van der Waals surface area (Å²) in [6.07, 6.45) is 4.56. The summed E-state index contributed by atoms with van der Waals surface area (Å²) in [7, 11) is 1.78. The van der Waals surface area contributed by atoms with Gasteiger partial charge in [-0.3, -0.25) is 0 Å². The summed E-state index contributed by atoms with van der Waals surface area (Å²) < 4.78 is 0. The number of aliphatic hydroxyl groups is 1. The lowest BCUT2D eigenvalue weighted by atomic mass is 9.80. The zero-order chi connectivity index (χ0) is 10.7. The highest BCUT2D eigenvalue weighted by Gasteiger charge is 2.33. The van der Waals surface area contributed by atoms with Crippen LogP contribution in [0.15, 0.2) is 12.3 Å². The van der Waals surface area contributed by atoms with Crippen LogP contribution in [-0.2, 0) is 0 Å². The zero-order valence-corrected chi connectivity index (χ0v) is 8.82. The van der Waals surface area contributed by atoms with Gasteiger partial charge in [0, 0.05) is 19.8 Å². The van der Waals surface area contributed by atoms with Crippen LogP contribution in [0.3, 0.4) is 0 Å². The van der Waals surface area contributed by atoms with Crippen molar-refractivity contribution in [3.8, 4) is 0 Å². The Hall–Kier alpha value is -1.36. The summed E-state index contributed by atoms with van der Waals surface area (Å²) in [6, 6.07) is 1.79. The average Bonchev–Trinajstić information content (AvgIpc) is 2.24. The van der Waals surface area contributed by atoms with Crippen LogP contribution in [0.4, 0.5) is 11.8 Å². The molecule has 1 saturated carbocycles. The fourth-order valence-electron chi connectivity index (χ4n) is 1.59. The maximum Gasteiger partial charge on any atom is 0.224 e. The molecule has 0 saturated heterocycles. The van der Waals surface area contributed by atoms with Gasteiger partial charge in [0.1, 0.15) is 5.82 Å². The van der Waals surface area contributed by atoms with Crippen LogP contribution in [0.1, 0.15) is 19.3 Å². The Morgan fingerprint density at radius 2 is 2.33 bits per heavy atom. The van der Waals surface area contributed by atoms with E-state index in [1.165, 1.54) is 0 Å². The number of aromatic nitrogens is 2. The Kier molecular flexibility index (Phi) is 2.73. The minimum atomic E-state index is -0.523. The Bertz CT molecular complexity index is 338. The third-order valence-corrected chi connectivity index (χ3v) is 2.76. The van der Waals surface area contributed by atoms with E-state index in [0.717, 1.165) is 25.1 Å². The van der Waals surface area contributed by atoms with E-state index in [1.54, 1.807) is 19.3 Å². The van der Waals surface area contributed by atoms with Crippen LogP contribution in [-0.4, -0.2) is 34.3 Å². The predicted octanol–water partition coefficient (Wildman–Crippen LogP) is 0.845. The number of anilines is 2. The van der Waals surface area contributed by atoms with Gasteiger partial charge in [-0.1, -0.05) is 0 Å². The second kappa shape index (κ2) is 4.02. The first-order valence-corrected chi connectivity index (χ1v) is 5.19. The molecule has 1 aliphatic carbocycles. The van der Waals surface area contributed by atoms with E-state index in [2.05, 4.69) is 20.6 Å². The van der Waals surface area contributed by atoms with Crippen LogP contribution in [0.5, 0.6) is 0 Å². The molecule has 1 aromatic rings. The molecule has 0 radical (unpaired) electrons. The molecule has 1 heterocycles. The van der Waals surface area contributed by atoms with E-state index >= 15 is 0 Å². The first-order chi connectivity index (χ1) is 7.22. The molecule has 82 valence electrons. The number of nitrogens with one attached hydrogen (secondary N) is 2. The van der Waals surface area contributed by atoms with E-state index in [0.29, 0.717) is 12.5 Å². The summed E-state index contributed by atoms with van der Waals surface area (Å²) in [4.78, 5) is 8.22. The highest BCUT2D eigenvalue weighted by atomic mass is 16.3. The van der Waals surface area contributed by atoms with Gasteiger partial charge in [-0.15, -0.1) is 0 Å². The van der Waals surface area contributed by atoms with Gasteiger partial charge in [0.15, 0.2) is 0 Å². The van der Waals surface area contributed by atoms with Crippen molar-refractivity contribution >= 4 is 11.8 Å². The molecule has 2 rings (SSSR count). The van der Waals surface area contributed by atoms with Crippen molar-refractivity contribution in [3.05, 3.63) is 12.3 Å². The second-order valence-electron chi connectivity index (χ2n) is 3.95. The molecule has 1 aliphatic rings.